The first-order valence-corrected chi connectivity index (χ1v) is 12.8. The summed E-state index contributed by atoms with van der Waals surface area (Å²) in [7, 11) is 0. The van der Waals surface area contributed by atoms with E-state index in [0.717, 1.165) is 12.1 Å². The van der Waals surface area contributed by atoms with Crippen LogP contribution in [0.15, 0.2) is 30.5 Å². The molecular formula is C25H12F15N5O3. The van der Waals surface area contributed by atoms with Gasteiger partial charge in [-0.2, -0.15) is 71.1 Å². The molecule has 0 N–H and O–H groups in total. The minimum Gasteiger partial charge on any atom is -0.330 e. The second-order valence-electron chi connectivity index (χ2n) is 10.8. The zero-order valence-electron chi connectivity index (χ0n) is 22.7. The molecule has 1 unspecified atom stereocenters. The summed E-state index contributed by atoms with van der Waals surface area (Å²) in [6.45, 7) is -1.25. The molecule has 3 saturated heterocycles. The Morgan fingerprint density at radius 2 is 1.38 bits per heavy atom. The average Bonchev–Trinajstić information content (AvgIpc) is 3.66. The number of urea groups is 1. The van der Waals surface area contributed by atoms with Gasteiger partial charge in [-0.05, 0) is 30.7 Å². The maximum atomic E-state index is 14.8. The van der Waals surface area contributed by atoms with E-state index >= 15 is 0 Å². The zero-order valence-corrected chi connectivity index (χ0v) is 22.7. The molecule has 4 amide bonds. The van der Waals surface area contributed by atoms with Crippen LogP contribution in [0.2, 0.25) is 0 Å². The van der Waals surface area contributed by atoms with Gasteiger partial charge in [0.2, 0.25) is 0 Å². The molecule has 1 aromatic heterocycles. The van der Waals surface area contributed by atoms with E-state index in [9.17, 15) is 85.5 Å². The van der Waals surface area contributed by atoms with E-state index in [1.165, 1.54) is 18.3 Å². The highest BCUT2D eigenvalue weighted by Gasteiger charge is 2.94. The molecule has 8 nitrogen and oxygen atoms in total. The minimum absolute atomic E-state index is 0.0157. The van der Waals surface area contributed by atoms with Crippen molar-refractivity contribution in [3.8, 4) is 6.07 Å². The largest absolute Gasteiger partial charge is 0.460 e. The molecule has 3 atom stereocenters. The fourth-order valence-electron chi connectivity index (χ4n) is 5.84. The van der Waals surface area contributed by atoms with Crippen molar-refractivity contribution in [3.05, 3.63) is 36.0 Å². The smallest absolute Gasteiger partial charge is 0.330 e. The highest BCUT2D eigenvalue weighted by Crippen LogP contribution is 2.62. The molecule has 3 aliphatic rings. The van der Waals surface area contributed by atoms with Crippen molar-refractivity contribution in [2.45, 2.75) is 66.3 Å². The average molecular weight is 715 g/mol. The van der Waals surface area contributed by atoms with Gasteiger partial charge in [0.05, 0.1) is 28.9 Å². The fourth-order valence-corrected chi connectivity index (χ4v) is 5.84. The highest BCUT2D eigenvalue weighted by molar-refractivity contribution is 6.25. The van der Waals surface area contributed by atoms with Crippen molar-refractivity contribution in [2.24, 2.45) is 0 Å². The third-order valence-corrected chi connectivity index (χ3v) is 8.23. The molecule has 260 valence electrons. The summed E-state index contributed by atoms with van der Waals surface area (Å²) < 4.78 is 205. The fraction of sp³-hybridized carbons (Fsp3) is 0.480. The highest BCUT2D eigenvalue weighted by atomic mass is 19.4. The first-order valence-electron chi connectivity index (χ1n) is 12.8. The number of rotatable bonds is 7. The summed E-state index contributed by atoms with van der Waals surface area (Å²) in [5.74, 6) is -53.8. The van der Waals surface area contributed by atoms with E-state index in [0.29, 0.717) is 9.80 Å². The van der Waals surface area contributed by atoms with Crippen LogP contribution in [0, 0.1) is 11.3 Å². The number of imide groups is 1. The summed E-state index contributed by atoms with van der Waals surface area (Å²) in [5, 5.41) is 9.33. The van der Waals surface area contributed by atoms with Gasteiger partial charge in [0.15, 0.2) is 0 Å². The van der Waals surface area contributed by atoms with Crippen molar-refractivity contribution < 1.29 is 80.2 Å². The number of halogens is 15. The van der Waals surface area contributed by atoms with Gasteiger partial charge < -0.3 is 9.80 Å². The molecule has 23 heteroatoms. The van der Waals surface area contributed by atoms with Gasteiger partial charge in [-0.1, -0.05) is 0 Å². The van der Waals surface area contributed by atoms with Crippen LogP contribution < -0.4 is 4.90 Å². The van der Waals surface area contributed by atoms with Crippen LogP contribution in [0.3, 0.4) is 0 Å². The second kappa shape index (κ2) is 10.0. The van der Waals surface area contributed by atoms with Crippen LogP contribution >= 0.6 is 0 Å². The lowest BCUT2D eigenvalue weighted by Gasteiger charge is -2.42. The number of piperazine rings is 1. The topological polar surface area (TPSA) is 97.6 Å². The molecule has 2 aromatic rings. The molecule has 0 spiro atoms. The number of nitriles is 1. The number of pyridine rings is 1. The standard InChI is InChI=1S/C25H12F15N5O3/c26-19(27,20(28,29)21(30,31)22(32,33)23(34,35)24(36,37)25(38,39)40)17(47)43-8-10-6-13(43)15-16(46)45(18(48)44(10)15)12-4-3-9(7-41)14-11(12)2-1-5-42-14/h1-5,10,13,15H,6,8H2/t10-,13?,15-/m1/s1. The Morgan fingerprint density at radius 1 is 0.812 bits per heavy atom. The number of carbonyl (C=O) groups is 3. The Morgan fingerprint density at radius 3 is 1.94 bits per heavy atom. The molecule has 1 aromatic carbocycles. The van der Waals surface area contributed by atoms with E-state index in [4.69, 9.17) is 0 Å². The number of aromatic nitrogens is 1. The predicted octanol–water partition coefficient (Wildman–Crippen LogP) is 5.60. The lowest BCUT2D eigenvalue weighted by Crippen LogP contribution is -2.74. The van der Waals surface area contributed by atoms with Crippen LogP contribution in [-0.4, -0.2) is 99.0 Å². The van der Waals surface area contributed by atoms with Crippen LogP contribution in [0.4, 0.5) is 76.3 Å². The number of amides is 4. The molecule has 2 bridgehead atoms. The van der Waals surface area contributed by atoms with Gasteiger partial charge >= 0.3 is 47.7 Å². The van der Waals surface area contributed by atoms with Gasteiger partial charge in [-0.25, -0.2) is 9.69 Å². The zero-order chi connectivity index (χ0) is 36.4. The van der Waals surface area contributed by atoms with E-state index in [1.54, 1.807) is 6.07 Å². The Labute approximate surface area is 255 Å². The minimum atomic E-state index is -8.57. The Hall–Kier alpha value is -4.52. The number of carbonyl (C=O) groups excluding carboxylic acids is 3. The van der Waals surface area contributed by atoms with E-state index in [1.807, 2.05) is 0 Å². The number of hydrogen-bond donors (Lipinski definition) is 0. The van der Waals surface area contributed by atoms with E-state index in [-0.39, 0.29) is 22.2 Å². The summed E-state index contributed by atoms with van der Waals surface area (Å²) in [5.41, 5.74) is -0.298. The second-order valence-corrected chi connectivity index (χ2v) is 10.8. The Kier molecular flexibility index (Phi) is 7.25. The number of anilines is 1. The van der Waals surface area contributed by atoms with Gasteiger partial charge in [0.25, 0.3) is 11.8 Å². The van der Waals surface area contributed by atoms with Crippen molar-refractivity contribution >= 4 is 34.4 Å². The van der Waals surface area contributed by atoms with Gasteiger partial charge in [0.1, 0.15) is 12.1 Å². The number of likely N-dealkylation sites (tertiary alicyclic amines) is 1. The maximum Gasteiger partial charge on any atom is 0.460 e. The first-order chi connectivity index (χ1) is 21.7. The van der Waals surface area contributed by atoms with Crippen molar-refractivity contribution in [1.82, 2.24) is 14.8 Å². The van der Waals surface area contributed by atoms with Crippen LogP contribution in [-0.2, 0) is 9.59 Å². The van der Waals surface area contributed by atoms with Gasteiger partial charge in [-0.3, -0.25) is 14.6 Å². The van der Waals surface area contributed by atoms with Gasteiger partial charge in [0, 0.05) is 18.1 Å². The molecular weight excluding hydrogens is 703 g/mol. The summed E-state index contributed by atoms with van der Waals surface area (Å²) in [4.78, 5) is 44.0. The number of fused-ring (bicyclic) bond motifs is 6. The molecule has 3 fully saturated rings. The first kappa shape index (κ1) is 34.8. The van der Waals surface area contributed by atoms with Crippen molar-refractivity contribution in [3.63, 3.8) is 0 Å². The molecule has 0 aliphatic carbocycles. The third kappa shape index (κ3) is 4.05. The third-order valence-electron chi connectivity index (χ3n) is 8.23. The monoisotopic (exact) mass is 715 g/mol. The summed E-state index contributed by atoms with van der Waals surface area (Å²) >= 11 is 0. The molecule has 0 radical (unpaired) electrons. The molecule has 48 heavy (non-hydrogen) atoms. The van der Waals surface area contributed by atoms with Crippen LogP contribution in [0.25, 0.3) is 10.9 Å². The number of hydrogen-bond acceptors (Lipinski definition) is 5. The number of nitrogens with zero attached hydrogens (tertiary/aromatic N) is 5. The van der Waals surface area contributed by atoms with E-state index in [2.05, 4.69) is 4.98 Å². The molecule has 3 aliphatic heterocycles. The van der Waals surface area contributed by atoms with Crippen LogP contribution in [0.1, 0.15) is 12.0 Å². The molecule has 5 rings (SSSR count). The lowest BCUT2D eigenvalue weighted by atomic mass is 9.90. The normalized spacial score (nSPS) is 22.5. The van der Waals surface area contributed by atoms with Crippen molar-refractivity contribution in [1.29, 1.82) is 5.26 Å². The summed E-state index contributed by atoms with van der Waals surface area (Å²) in [6.07, 6.45) is -7.20. The predicted molar refractivity (Wildman–Crippen MR) is 125 cm³/mol. The SMILES string of the molecule is N#Cc1ccc(N2C(=O)[C@H]3C4C[C@H](CN4C(=O)C(F)(F)C(F)(F)C(F)(F)C(F)(F)C(F)(F)C(F)(F)C(F)(F)F)N3C2=O)c2cccnc12. The Bertz CT molecular complexity index is 1770. The molecule has 0 saturated carbocycles. The quantitative estimate of drug-likeness (QED) is 0.275. The van der Waals surface area contributed by atoms with Gasteiger partial charge in [-0.15, -0.1) is 0 Å². The number of alkyl halides is 15. The van der Waals surface area contributed by atoms with Crippen LogP contribution in [0.5, 0.6) is 0 Å². The maximum absolute atomic E-state index is 14.8. The lowest BCUT2D eigenvalue weighted by molar-refractivity contribution is -0.450. The van der Waals surface area contributed by atoms with E-state index < -0.39 is 95.5 Å². The van der Waals surface area contributed by atoms with Crippen molar-refractivity contribution in [2.75, 3.05) is 11.4 Å². The summed E-state index contributed by atoms with van der Waals surface area (Å²) in [6, 6.07) is -0.0638. The number of benzene rings is 1. The Balaban J connectivity index is 1.47. The molecule has 4 heterocycles.